The fourth-order valence-corrected chi connectivity index (χ4v) is 2.17. The minimum Gasteiger partial charge on any atom is -0.274 e. The third-order valence-corrected chi connectivity index (χ3v) is 3.27. The average molecular weight is 256 g/mol. The van der Waals surface area contributed by atoms with Gasteiger partial charge in [0, 0.05) is 13.2 Å². The van der Waals surface area contributed by atoms with Crippen LogP contribution in [0, 0.1) is 0 Å². The van der Waals surface area contributed by atoms with E-state index < -0.39 is 10.0 Å². The lowest BCUT2D eigenvalue weighted by atomic mass is 10.7. The molecule has 9 heteroatoms. The zero-order valence-electron chi connectivity index (χ0n) is 9.40. The highest BCUT2D eigenvalue weighted by Crippen LogP contribution is 2.10. The van der Waals surface area contributed by atoms with E-state index in [4.69, 9.17) is 0 Å². The fraction of sp³-hybridized carbons (Fsp3) is 0.375. The first-order valence-electron chi connectivity index (χ1n) is 4.94. The largest absolute Gasteiger partial charge is 0.282 e. The van der Waals surface area contributed by atoms with E-state index in [-0.39, 0.29) is 10.8 Å². The summed E-state index contributed by atoms with van der Waals surface area (Å²) in [4.78, 5) is 1.39. The molecule has 0 amide bonds. The van der Waals surface area contributed by atoms with Gasteiger partial charge in [-0.25, -0.2) is 0 Å². The summed E-state index contributed by atoms with van der Waals surface area (Å²) in [7, 11) is -2.04. The molecule has 0 atom stereocenters. The summed E-state index contributed by atoms with van der Waals surface area (Å²) in [6.45, 7) is 2.43. The van der Waals surface area contributed by atoms with Crippen LogP contribution in [0.2, 0.25) is 0 Å². The van der Waals surface area contributed by atoms with Crippen molar-refractivity contribution in [1.29, 1.82) is 0 Å². The Morgan fingerprint density at radius 2 is 2.18 bits per heavy atom. The molecule has 2 rings (SSSR count). The van der Waals surface area contributed by atoms with Gasteiger partial charge in [-0.15, -0.1) is 5.10 Å². The van der Waals surface area contributed by atoms with Gasteiger partial charge < -0.3 is 0 Å². The second kappa shape index (κ2) is 4.17. The van der Waals surface area contributed by atoms with Gasteiger partial charge in [-0.2, -0.15) is 23.4 Å². The van der Waals surface area contributed by atoms with Crippen molar-refractivity contribution >= 4 is 15.8 Å². The fourth-order valence-electron chi connectivity index (χ4n) is 1.22. The molecule has 2 heterocycles. The predicted octanol–water partition coefficient (Wildman–Crippen LogP) is -0.168. The number of hydrogen-bond acceptors (Lipinski definition) is 5. The van der Waals surface area contributed by atoms with Crippen molar-refractivity contribution in [3.05, 3.63) is 18.5 Å². The maximum Gasteiger partial charge on any atom is 0.282 e. The summed E-state index contributed by atoms with van der Waals surface area (Å²) in [5.74, 6) is 0.178. The summed E-state index contributed by atoms with van der Waals surface area (Å²) in [6, 6.07) is 1.41. The standard InChI is InChI=1S/C8H12N6O2S/c1-3-14-9-6-7(10-14)12-17(15,16)8-4-5-13(2)11-8/h4-6H,3H2,1-2H3,(H,10,12). The Morgan fingerprint density at radius 1 is 1.41 bits per heavy atom. The number of aryl methyl sites for hydroxylation is 2. The SMILES string of the molecule is CCn1ncc(NS(=O)(=O)c2ccn(C)n2)n1. The van der Waals surface area contributed by atoms with Gasteiger partial charge in [-0.1, -0.05) is 0 Å². The molecule has 92 valence electrons. The zero-order valence-corrected chi connectivity index (χ0v) is 10.2. The Bertz CT molecular complexity index is 614. The number of nitrogens with zero attached hydrogens (tertiary/aromatic N) is 5. The lowest BCUT2D eigenvalue weighted by Crippen LogP contribution is -2.14. The van der Waals surface area contributed by atoms with Crippen LogP contribution in [0.25, 0.3) is 0 Å². The Hall–Kier alpha value is -1.90. The molecular weight excluding hydrogens is 244 g/mol. The highest BCUT2D eigenvalue weighted by molar-refractivity contribution is 7.92. The van der Waals surface area contributed by atoms with E-state index in [2.05, 4.69) is 20.0 Å². The van der Waals surface area contributed by atoms with Crippen LogP contribution in [0.1, 0.15) is 6.92 Å². The number of nitrogens with one attached hydrogen (secondary N) is 1. The molecule has 2 aromatic heterocycles. The van der Waals surface area contributed by atoms with Gasteiger partial charge >= 0.3 is 0 Å². The molecule has 0 fully saturated rings. The average Bonchev–Trinajstić information content (AvgIpc) is 2.86. The van der Waals surface area contributed by atoms with Crippen molar-refractivity contribution in [2.45, 2.75) is 18.5 Å². The van der Waals surface area contributed by atoms with Crippen LogP contribution in [0.15, 0.2) is 23.5 Å². The van der Waals surface area contributed by atoms with E-state index in [0.717, 1.165) is 0 Å². The van der Waals surface area contributed by atoms with Crippen LogP contribution in [0.3, 0.4) is 0 Å². The minimum atomic E-state index is -3.69. The van der Waals surface area contributed by atoms with Gasteiger partial charge in [0.1, 0.15) is 0 Å². The Balaban J connectivity index is 2.23. The molecular formula is C8H12N6O2S. The molecule has 0 aliphatic carbocycles. The first kappa shape index (κ1) is 11.6. The highest BCUT2D eigenvalue weighted by Gasteiger charge is 2.18. The predicted molar refractivity (Wildman–Crippen MR) is 59.7 cm³/mol. The summed E-state index contributed by atoms with van der Waals surface area (Å²) >= 11 is 0. The maximum atomic E-state index is 11.8. The van der Waals surface area contributed by atoms with E-state index in [1.807, 2.05) is 6.92 Å². The monoisotopic (exact) mass is 256 g/mol. The maximum absolute atomic E-state index is 11.8. The second-order valence-electron chi connectivity index (χ2n) is 3.35. The number of sulfonamides is 1. The Labute approximate surface area is 98.3 Å². The van der Waals surface area contributed by atoms with Gasteiger partial charge in [-0.3, -0.25) is 9.40 Å². The summed E-state index contributed by atoms with van der Waals surface area (Å²) in [6.07, 6.45) is 2.90. The van der Waals surface area contributed by atoms with Gasteiger partial charge in [0.05, 0.1) is 12.7 Å². The first-order valence-corrected chi connectivity index (χ1v) is 6.42. The zero-order chi connectivity index (χ0) is 12.5. The number of anilines is 1. The molecule has 0 aliphatic rings. The van der Waals surface area contributed by atoms with E-state index in [0.29, 0.717) is 6.54 Å². The van der Waals surface area contributed by atoms with Gasteiger partial charge in [0.2, 0.25) is 0 Å². The number of hydrogen-bond donors (Lipinski definition) is 1. The van der Waals surface area contributed by atoms with E-state index in [1.54, 1.807) is 13.2 Å². The van der Waals surface area contributed by atoms with E-state index >= 15 is 0 Å². The van der Waals surface area contributed by atoms with Crippen LogP contribution in [-0.4, -0.2) is 33.2 Å². The van der Waals surface area contributed by atoms with Gasteiger partial charge in [-0.05, 0) is 13.0 Å². The van der Waals surface area contributed by atoms with Crippen LogP contribution in [0.4, 0.5) is 5.82 Å². The second-order valence-corrected chi connectivity index (χ2v) is 4.98. The van der Waals surface area contributed by atoms with Crippen LogP contribution < -0.4 is 4.72 Å². The molecule has 0 radical (unpaired) electrons. The van der Waals surface area contributed by atoms with Crippen molar-refractivity contribution in [3.8, 4) is 0 Å². The molecule has 0 spiro atoms. The summed E-state index contributed by atoms with van der Waals surface area (Å²) in [5, 5.41) is 11.6. The molecule has 0 saturated carbocycles. The molecule has 0 aromatic carbocycles. The summed E-state index contributed by atoms with van der Waals surface area (Å²) in [5.41, 5.74) is 0. The van der Waals surface area contributed by atoms with Gasteiger partial charge in [0.25, 0.3) is 10.0 Å². The van der Waals surface area contributed by atoms with Crippen LogP contribution in [-0.2, 0) is 23.6 Å². The smallest absolute Gasteiger partial charge is 0.274 e. The van der Waals surface area contributed by atoms with Crippen molar-refractivity contribution in [2.24, 2.45) is 7.05 Å². The van der Waals surface area contributed by atoms with Crippen molar-refractivity contribution < 1.29 is 8.42 Å². The molecule has 0 aliphatic heterocycles. The topological polar surface area (TPSA) is 94.7 Å². The van der Waals surface area contributed by atoms with Gasteiger partial charge in [0.15, 0.2) is 10.8 Å². The van der Waals surface area contributed by atoms with E-state index in [1.165, 1.54) is 21.7 Å². The molecule has 1 N–H and O–H groups in total. The van der Waals surface area contributed by atoms with Crippen molar-refractivity contribution in [3.63, 3.8) is 0 Å². The lowest BCUT2D eigenvalue weighted by molar-refractivity contribution is 0.570. The molecule has 17 heavy (non-hydrogen) atoms. The molecule has 2 aromatic rings. The van der Waals surface area contributed by atoms with Crippen LogP contribution >= 0.6 is 0 Å². The quantitative estimate of drug-likeness (QED) is 0.819. The van der Waals surface area contributed by atoms with E-state index in [9.17, 15) is 8.42 Å². The first-order chi connectivity index (χ1) is 8.01. The van der Waals surface area contributed by atoms with Crippen molar-refractivity contribution in [1.82, 2.24) is 24.8 Å². The summed E-state index contributed by atoms with van der Waals surface area (Å²) < 4.78 is 27.4. The Morgan fingerprint density at radius 3 is 2.71 bits per heavy atom. The lowest BCUT2D eigenvalue weighted by Gasteiger charge is -2.00. The number of rotatable bonds is 4. The van der Waals surface area contributed by atoms with Crippen molar-refractivity contribution in [2.75, 3.05) is 4.72 Å². The normalized spacial score (nSPS) is 11.6. The molecule has 0 unspecified atom stereocenters. The third kappa shape index (κ3) is 2.44. The van der Waals surface area contributed by atoms with Crippen LogP contribution in [0.5, 0.6) is 0 Å². The molecule has 0 bridgehead atoms. The Kier molecular flexibility index (Phi) is 2.84. The highest BCUT2D eigenvalue weighted by atomic mass is 32.2. The third-order valence-electron chi connectivity index (χ3n) is 2.02. The number of aromatic nitrogens is 5. The molecule has 0 saturated heterocycles. The minimum absolute atomic E-state index is 0.0500. The molecule has 8 nitrogen and oxygen atoms in total.